The highest BCUT2D eigenvalue weighted by Gasteiger charge is 2.36. The molecule has 1 aromatic rings. The van der Waals surface area contributed by atoms with Gasteiger partial charge in [0.25, 0.3) is 0 Å². The molecule has 0 amide bonds. The van der Waals surface area contributed by atoms with E-state index in [1.807, 2.05) is 45.0 Å². The molecular weight excluding hydrogens is 238 g/mol. The predicted molar refractivity (Wildman–Crippen MR) is 77.4 cm³/mol. The summed E-state index contributed by atoms with van der Waals surface area (Å²) in [5.41, 5.74) is 0.0521. The second-order valence-corrected chi connectivity index (χ2v) is 5.85. The Bertz CT molecular complexity index is 409. The van der Waals surface area contributed by atoms with E-state index in [1.54, 1.807) is 0 Å². The van der Waals surface area contributed by atoms with Crippen molar-refractivity contribution in [3.05, 3.63) is 29.8 Å². The highest BCUT2D eigenvalue weighted by molar-refractivity contribution is 5.38. The molecule has 3 heteroatoms. The van der Waals surface area contributed by atoms with E-state index in [9.17, 15) is 5.11 Å². The Morgan fingerprint density at radius 2 is 2.11 bits per heavy atom. The van der Waals surface area contributed by atoms with Crippen LogP contribution < -0.4 is 10.1 Å². The monoisotopic (exact) mass is 263 g/mol. The van der Waals surface area contributed by atoms with Crippen LogP contribution in [0.2, 0.25) is 0 Å². The standard InChI is InChI=1S/C16H25NO2/c1-12(2)19-15-9-5-4-8-14(15)16(3,18)13-7-6-10-17-11-13/h4-5,8-9,12-13,17-18H,6-7,10-11H2,1-3H3. The van der Waals surface area contributed by atoms with E-state index in [1.165, 1.54) is 0 Å². The molecule has 1 aliphatic rings. The molecule has 106 valence electrons. The van der Waals surface area contributed by atoms with E-state index in [-0.39, 0.29) is 12.0 Å². The fourth-order valence-corrected chi connectivity index (χ4v) is 2.79. The molecule has 0 bridgehead atoms. The Balaban J connectivity index is 2.27. The molecule has 0 aliphatic carbocycles. The maximum absolute atomic E-state index is 11.0. The fourth-order valence-electron chi connectivity index (χ4n) is 2.79. The maximum atomic E-state index is 11.0. The summed E-state index contributed by atoms with van der Waals surface area (Å²) in [5, 5.41) is 14.4. The first kappa shape index (κ1) is 14.4. The number of aliphatic hydroxyl groups is 1. The van der Waals surface area contributed by atoms with Crippen LogP contribution in [-0.2, 0) is 5.60 Å². The van der Waals surface area contributed by atoms with Gasteiger partial charge in [-0.1, -0.05) is 18.2 Å². The predicted octanol–water partition coefficient (Wildman–Crippen LogP) is 2.68. The Labute approximate surface area is 116 Å². The zero-order valence-corrected chi connectivity index (χ0v) is 12.1. The van der Waals surface area contributed by atoms with Crippen molar-refractivity contribution in [3.8, 4) is 5.75 Å². The molecule has 2 atom stereocenters. The van der Waals surface area contributed by atoms with Crippen LogP contribution in [-0.4, -0.2) is 24.3 Å². The number of para-hydroxylation sites is 1. The summed E-state index contributed by atoms with van der Waals surface area (Å²) in [4.78, 5) is 0. The minimum atomic E-state index is -0.848. The van der Waals surface area contributed by atoms with Crippen LogP contribution in [0.5, 0.6) is 5.75 Å². The Morgan fingerprint density at radius 3 is 2.74 bits per heavy atom. The molecule has 2 unspecified atom stereocenters. The summed E-state index contributed by atoms with van der Waals surface area (Å²) in [6.07, 6.45) is 2.28. The molecule has 2 rings (SSSR count). The minimum Gasteiger partial charge on any atom is -0.491 e. The summed E-state index contributed by atoms with van der Waals surface area (Å²) in [7, 11) is 0. The number of rotatable bonds is 4. The van der Waals surface area contributed by atoms with Crippen molar-refractivity contribution in [2.45, 2.75) is 45.3 Å². The van der Waals surface area contributed by atoms with Crippen molar-refractivity contribution in [2.24, 2.45) is 5.92 Å². The lowest BCUT2D eigenvalue weighted by Gasteiger charge is -2.37. The van der Waals surface area contributed by atoms with E-state index in [4.69, 9.17) is 4.74 Å². The van der Waals surface area contributed by atoms with Gasteiger partial charge in [0.2, 0.25) is 0 Å². The molecule has 0 aromatic heterocycles. The van der Waals surface area contributed by atoms with Crippen LogP contribution in [0, 0.1) is 5.92 Å². The summed E-state index contributed by atoms with van der Waals surface area (Å²) in [6, 6.07) is 7.84. The number of hydrogen-bond acceptors (Lipinski definition) is 3. The van der Waals surface area contributed by atoms with Gasteiger partial charge < -0.3 is 15.2 Å². The van der Waals surface area contributed by atoms with Crippen LogP contribution in [0.15, 0.2) is 24.3 Å². The maximum Gasteiger partial charge on any atom is 0.125 e. The lowest BCUT2D eigenvalue weighted by atomic mass is 9.78. The van der Waals surface area contributed by atoms with Crippen LogP contribution in [0.25, 0.3) is 0 Å². The van der Waals surface area contributed by atoms with E-state index in [0.29, 0.717) is 0 Å². The number of piperidine rings is 1. The van der Waals surface area contributed by atoms with Gasteiger partial charge in [-0.2, -0.15) is 0 Å². The van der Waals surface area contributed by atoms with Gasteiger partial charge in [-0.15, -0.1) is 0 Å². The Kier molecular flexibility index (Phi) is 4.48. The van der Waals surface area contributed by atoms with Crippen molar-refractivity contribution in [3.63, 3.8) is 0 Å². The van der Waals surface area contributed by atoms with E-state index in [2.05, 4.69) is 5.32 Å². The molecule has 0 spiro atoms. The summed E-state index contributed by atoms with van der Waals surface area (Å²) in [5.74, 6) is 1.03. The summed E-state index contributed by atoms with van der Waals surface area (Å²) in [6.45, 7) is 7.84. The number of nitrogens with one attached hydrogen (secondary N) is 1. The smallest absolute Gasteiger partial charge is 0.125 e. The molecule has 1 saturated heterocycles. The third-order valence-electron chi connectivity index (χ3n) is 3.89. The third kappa shape index (κ3) is 3.28. The molecule has 1 aromatic carbocycles. The zero-order valence-electron chi connectivity index (χ0n) is 12.1. The van der Waals surface area contributed by atoms with E-state index < -0.39 is 5.60 Å². The van der Waals surface area contributed by atoms with Crippen molar-refractivity contribution in [1.82, 2.24) is 5.32 Å². The molecule has 1 heterocycles. The van der Waals surface area contributed by atoms with Gasteiger partial charge in [-0.05, 0) is 46.2 Å². The number of benzene rings is 1. The lowest BCUT2D eigenvalue weighted by Crippen LogP contribution is -2.42. The van der Waals surface area contributed by atoms with Crippen molar-refractivity contribution in [1.29, 1.82) is 0 Å². The van der Waals surface area contributed by atoms with Gasteiger partial charge in [0.15, 0.2) is 0 Å². The van der Waals surface area contributed by atoms with Crippen molar-refractivity contribution < 1.29 is 9.84 Å². The molecule has 3 nitrogen and oxygen atoms in total. The lowest BCUT2D eigenvalue weighted by molar-refractivity contribution is -0.0183. The molecule has 2 N–H and O–H groups in total. The first-order valence-corrected chi connectivity index (χ1v) is 7.21. The van der Waals surface area contributed by atoms with Crippen LogP contribution >= 0.6 is 0 Å². The zero-order chi connectivity index (χ0) is 13.9. The average molecular weight is 263 g/mol. The van der Waals surface area contributed by atoms with Crippen LogP contribution in [0.1, 0.15) is 39.2 Å². The quantitative estimate of drug-likeness (QED) is 0.877. The molecule has 19 heavy (non-hydrogen) atoms. The topological polar surface area (TPSA) is 41.5 Å². The first-order valence-electron chi connectivity index (χ1n) is 7.21. The van der Waals surface area contributed by atoms with E-state index >= 15 is 0 Å². The molecule has 0 saturated carbocycles. The minimum absolute atomic E-state index is 0.112. The van der Waals surface area contributed by atoms with Crippen LogP contribution in [0.4, 0.5) is 0 Å². The number of hydrogen-bond donors (Lipinski definition) is 2. The highest BCUT2D eigenvalue weighted by atomic mass is 16.5. The molecule has 1 aliphatic heterocycles. The Morgan fingerprint density at radius 1 is 1.37 bits per heavy atom. The van der Waals surface area contributed by atoms with Crippen LogP contribution in [0.3, 0.4) is 0 Å². The highest BCUT2D eigenvalue weighted by Crippen LogP contribution is 2.38. The first-order chi connectivity index (χ1) is 9.01. The van der Waals surface area contributed by atoms with Crippen molar-refractivity contribution in [2.75, 3.05) is 13.1 Å². The van der Waals surface area contributed by atoms with Crippen molar-refractivity contribution >= 4 is 0 Å². The van der Waals surface area contributed by atoms with Gasteiger partial charge in [0.1, 0.15) is 5.75 Å². The molecule has 0 radical (unpaired) electrons. The normalized spacial score (nSPS) is 23.1. The van der Waals surface area contributed by atoms with Gasteiger partial charge in [-0.25, -0.2) is 0 Å². The van der Waals surface area contributed by atoms with Gasteiger partial charge in [-0.3, -0.25) is 0 Å². The van der Waals surface area contributed by atoms with Gasteiger partial charge in [0, 0.05) is 18.0 Å². The molecule has 1 fully saturated rings. The number of ether oxygens (including phenoxy) is 1. The SMILES string of the molecule is CC(C)Oc1ccccc1C(C)(O)C1CCCNC1. The average Bonchev–Trinajstić information content (AvgIpc) is 2.39. The van der Waals surface area contributed by atoms with Gasteiger partial charge in [0.05, 0.1) is 11.7 Å². The summed E-state index contributed by atoms with van der Waals surface area (Å²) >= 11 is 0. The van der Waals surface area contributed by atoms with Gasteiger partial charge >= 0.3 is 0 Å². The fraction of sp³-hybridized carbons (Fsp3) is 0.625. The van der Waals surface area contributed by atoms with E-state index in [0.717, 1.165) is 37.2 Å². The summed E-state index contributed by atoms with van der Waals surface area (Å²) < 4.78 is 5.84. The molecular formula is C16H25NO2. The Hall–Kier alpha value is -1.06. The largest absolute Gasteiger partial charge is 0.491 e. The second kappa shape index (κ2) is 5.93. The third-order valence-corrected chi connectivity index (χ3v) is 3.89. The second-order valence-electron chi connectivity index (χ2n) is 5.85.